The summed E-state index contributed by atoms with van der Waals surface area (Å²) in [6, 6.07) is 20.7. The van der Waals surface area contributed by atoms with E-state index < -0.39 is 0 Å². The van der Waals surface area contributed by atoms with Crippen molar-refractivity contribution >= 4 is 23.1 Å². The van der Waals surface area contributed by atoms with Crippen molar-refractivity contribution < 1.29 is 50.5 Å². The standard InChI is InChI=1S/2C36H56N4O2.2CH3.Mg.Zn/c2*1-35(2,3)27-15-23-19-37-29-11-7-9-13-31(29)39-21-25-17-28(36(4,5)6)18-26(34(25)42)22-40-32-14-10-8-12-30(32)38-20-24(16-27)33(23)41;;;;/h2*15-18,29-32,37-42H,7-14,19-22H2,1-6H3;2*1H3;;/q;;2*-1;+2;/p+2. The van der Waals surface area contributed by atoms with Gasteiger partial charge in [-0.3, -0.25) is 0 Å². The molecule has 0 saturated heterocycles. The van der Waals surface area contributed by atoms with E-state index in [-0.39, 0.29) is 79.0 Å². The second kappa shape index (κ2) is 32.8. The number of phenolic OH excluding ortho intramolecular Hbond substituents is 4. The van der Waals surface area contributed by atoms with E-state index in [1.165, 1.54) is 86.5 Å². The van der Waals surface area contributed by atoms with E-state index in [0.29, 0.717) is 111 Å². The van der Waals surface area contributed by atoms with Gasteiger partial charge in [0.1, 0.15) is 48.2 Å². The molecule has 4 fully saturated rings. The number of aromatic hydroxyl groups is 4. The molecule has 482 valence electrons. The molecular formula is C74H120MgN8O4Zn+2. The van der Waals surface area contributed by atoms with Crippen LogP contribution in [0.3, 0.4) is 0 Å². The summed E-state index contributed by atoms with van der Waals surface area (Å²) in [6.07, 6.45) is 18.9. The second-order valence-electron chi connectivity index (χ2n) is 30.8. The van der Waals surface area contributed by atoms with Crippen molar-refractivity contribution in [3.63, 3.8) is 0 Å². The number of nitrogens with one attached hydrogen (secondary N) is 6. The van der Waals surface area contributed by atoms with Crippen molar-refractivity contribution in [2.75, 3.05) is 0 Å². The third-order valence-corrected chi connectivity index (χ3v) is 20.3. The molecule has 12 nitrogen and oxygen atoms in total. The van der Waals surface area contributed by atoms with E-state index in [0.717, 1.165) is 96.1 Å². The number of phenols is 4. The van der Waals surface area contributed by atoms with E-state index in [9.17, 15) is 20.4 Å². The molecule has 0 aromatic heterocycles. The molecule has 14 N–H and O–H groups in total. The zero-order valence-electron chi connectivity index (χ0n) is 57.6. The summed E-state index contributed by atoms with van der Waals surface area (Å²) in [6.45, 7) is 32.6. The topological polar surface area (TPSA) is 186 Å². The summed E-state index contributed by atoms with van der Waals surface area (Å²) in [5.41, 5.74) is 13.3. The van der Waals surface area contributed by atoms with Crippen LogP contribution >= 0.6 is 0 Å². The van der Waals surface area contributed by atoms with Crippen LogP contribution in [0.25, 0.3) is 0 Å². The van der Waals surface area contributed by atoms with Gasteiger partial charge in [0.15, 0.2) is 0 Å². The molecule has 0 amide bonds. The van der Waals surface area contributed by atoms with E-state index in [4.69, 9.17) is 0 Å². The first-order valence-electron chi connectivity index (χ1n) is 33.3. The summed E-state index contributed by atoms with van der Waals surface area (Å²) < 4.78 is 0. The van der Waals surface area contributed by atoms with E-state index in [2.05, 4.69) is 174 Å². The summed E-state index contributed by atoms with van der Waals surface area (Å²) in [7, 11) is 0. The first-order chi connectivity index (χ1) is 39.8. The van der Waals surface area contributed by atoms with Crippen LogP contribution < -0.4 is 42.5 Å². The number of hydrogen-bond donors (Lipinski definition) is 12. The van der Waals surface area contributed by atoms with E-state index >= 15 is 0 Å². The largest absolute Gasteiger partial charge is 2.00 e. The Labute approximate surface area is 563 Å². The smallest absolute Gasteiger partial charge is 0.507 e. The summed E-state index contributed by atoms with van der Waals surface area (Å²) >= 11 is 0. The first-order valence-corrected chi connectivity index (χ1v) is 33.3. The Hall–Kier alpha value is -2.85. The summed E-state index contributed by atoms with van der Waals surface area (Å²) in [4.78, 5) is 0. The monoisotopic (exact) mass is 1270 g/mol. The first kappa shape index (κ1) is 75.9. The molecule has 4 aliphatic carbocycles. The Bertz CT molecular complexity index is 2320. The molecular weight excluding hydrogens is 1150 g/mol. The minimum Gasteiger partial charge on any atom is -0.507 e. The van der Waals surface area contributed by atoms with Gasteiger partial charge in [0.25, 0.3) is 0 Å². The van der Waals surface area contributed by atoms with Crippen LogP contribution in [0, 0.1) is 14.9 Å². The molecule has 0 spiro atoms. The fourth-order valence-electron chi connectivity index (χ4n) is 14.5. The number of rotatable bonds is 0. The van der Waals surface area contributed by atoms with E-state index in [1.54, 1.807) is 0 Å². The van der Waals surface area contributed by atoms with Crippen LogP contribution in [-0.2, 0) is 93.5 Å². The maximum absolute atomic E-state index is 11.5. The predicted molar refractivity (Wildman–Crippen MR) is 362 cm³/mol. The molecule has 4 saturated carbocycles. The minimum atomic E-state index is -0.00127. The van der Waals surface area contributed by atoms with Crippen molar-refractivity contribution in [2.45, 2.75) is 308 Å². The van der Waals surface area contributed by atoms with Gasteiger partial charge in [-0.1, -0.05) is 158 Å². The zero-order chi connectivity index (χ0) is 60.1. The normalized spacial score (nSPS) is 25.2. The molecule has 8 bridgehead atoms. The SMILES string of the molecule is CC(C)(C)c1cc2c(O)c(c1)CNC1CCCCC1NCc1cc(C(C)(C)C)cc(c1O)CNC1CCCCC1NC2.CC(C)(C)c1cc2c(O)c(c1)C[NH2+]C1CCCCC1[NH2+]Cc1cc(C(C)(C)C)cc(c1O)CNC1CCCCC1NC2.[CH3-].[CH3-].[Mg+2].[Zn]. The summed E-state index contributed by atoms with van der Waals surface area (Å²) in [5.74, 6) is 1.80. The number of hydrogen-bond acceptors (Lipinski definition) is 10. The third kappa shape index (κ3) is 19.6. The fraction of sp³-hybridized carbons (Fsp3) is 0.649. The van der Waals surface area contributed by atoms with Crippen molar-refractivity contribution in [1.82, 2.24) is 31.9 Å². The molecule has 14 heteroatoms. The molecule has 4 aromatic carbocycles. The van der Waals surface area contributed by atoms with Crippen LogP contribution in [0.1, 0.15) is 253 Å². The molecule has 0 radical (unpaired) electrons. The van der Waals surface area contributed by atoms with Crippen LogP contribution in [0.4, 0.5) is 0 Å². The Kier molecular flexibility index (Phi) is 28.3. The molecule has 88 heavy (non-hydrogen) atoms. The van der Waals surface area contributed by atoms with Gasteiger partial charge in [-0.2, -0.15) is 0 Å². The zero-order valence-corrected chi connectivity index (χ0v) is 61.9. The maximum Gasteiger partial charge on any atom is 2.00 e. The Balaban J connectivity index is 0.000000307. The number of fused-ring (bicyclic) bond motifs is 12. The molecule has 10 rings (SSSR count). The van der Waals surface area contributed by atoms with Gasteiger partial charge in [0, 0.05) is 152 Å². The van der Waals surface area contributed by atoms with Gasteiger partial charge in [0.05, 0.1) is 0 Å². The van der Waals surface area contributed by atoms with Gasteiger partial charge >= 0.3 is 23.1 Å². The van der Waals surface area contributed by atoms with Gasteiger partial charge in [-0.25, -0.2) is 0 Å². The quantitative estimate of drug-likeness (QED) is 0.0597. The van der Waals surface area contributed by atoms with Gasteiger partial charge in [-0.05, 0) is 107 Å². The number of quaternary nitrogens is 2. The Morgan fingerprint density at radius 3 is 0.670 bits per heavy atom. The second-order valence-corrected chi connectivity index (χ2v) is 30.8. The van der Waals surface area contributed by atoms with Gasteiger partial charge < -0.3 is 77.8 Å². The molecule has 6 aliphatic rings. The minimum absolute atomic E-state index is 0. The molecule has 8 atom stereocenters. The third-order valence-electron chi connectivity index (χ3n) is 20.3. The van der Waals surface area contributed by atoms with Crippen molar-refractivity contribution in [1.29, 1.82) is 0 Å². The average molecular weight is 1280 g/mol. The van der Waals surface area contributed by atoms with Crippen molar-refractivity contribution in [3.8, 4) is 23.0 Å². The van der Waals surface area contributed by atoms with Crippen LogP contribution in [0.2, 0.25) is 0 Å². The number of nitrogens with two attached hydrogens (primary N) is 2. The Morgan fingerprint density at radius 2 is 0.477 bits per heavy atom. The molecule has 2 aliphatic heterocycles. The van der Waals surface area contributed by atoms with Crippen molar-refractivity contribution in [3.05, 3.63) is 130 Å². The molecule has 2 heterocycles. The summed E-state index contributed by atoms with van der Waals surface area (Å²) in [5, 5.41) is 74.1. The average Bonchev–Trinajstić information content (AvgIpc) is 3.63. The van der Waals surface area contributed by atoms with Crippen LogP contribution in [0.5, 0.6) is 23.0 Å². The van der Waals surface area contributed by atoms with Gasteiger partial charge in [0.2, 0.25) is 0 Å². The molecule has 8 unspecified atom stereocenters. The molecule has 4 aromatic rings. The van der Waals surface area contributed by atoms with Gasteiger partial charge in [-0.15, -0.1) is 0 Å². The predicted octanol–water partition coefficient (Wildman–Crippen LogP) is 11.2. The fourth-order valence-corrected chi connectivity index (χ4v) is 14.5. The number of benzene rings is 4. The van der Waals surface area contributed by atoms with Crippen LogP contribution in [-0.4, -0.2) is 91.8 Å². The van der Waals surface area contributed by atoms with Crippen molar-refractivity contribution in [2.24, 2.45) is 0 Å². The van der Waals surface area contributed by atoms with E-state index in [1.807, 2.05) is 0 Å². The maximum atomic E-state index is 11.5. The van der Waals surface area contributed by atoms with Crippen LogP contribution in [0.15, 0.2) is 48.5 Å². The Morgan fingerprint density at radius 1 is 0.307 bits per heavy atom.